The standard InChI is InChI=1S/C25H15F5O5/c1-11-4-3-5-13(8-11)9-16-23(32)14-6-7-15(12(2)24(14)35-16)34-17(31)10-33-25-21(29)19(27)18(26)20(28)22(25)30/h3-9H,10H2,1-2H3/b16-9-. The highest BCUT2D eigenvalue weighted by Gasteiger charge is 2.31. The number of halogens is 5. The van der Waals surface area contributed by atoms with Crippen molar-refractivity contribution in [3.8, 4) is 17.2 Å². The molecule has 4 rings (SSSR count). The predicted molar refractivity (Wildman–Crippen MR) is 113 cm³/mol. The molecule has 5 nitrogen and oxygen atoms in total. The molecule has 3 aromatic carbocycles. The third kappa shape index (κ3) is 4.46. The lowest BCUT2D eigenvalue weighted by Gasteiger charge is -2.12. The fourth-order valence-corrected chi connectivity index (χ4v) is 3.38. The highest BCUT2D eigenvalue weighted by molar-refractivity contribution is 6.15. The summed E-state index contributed by atoms with van der Waals surface area (Å²) in [6.07, 6.45) is 1.57. The number of allylic oxidation sites excluding steroid dienone is 1. The Morgan fingerprint density at radius 2 is 1.60 bits per heavy atom. The number of ketones is 1. The van der Waals surface area contributed by atoms with Gasteiger partial charge in [-0.15, -0.1) is 0 Å². The van der Waals surface area contributed by atoms with Crippen LogP contribution in [0.25, 0.3) is 6.08 Å². The van der Waals surface area contributed by atoms with Crippen LogP contribution in [0.5, 0.6) is 17.2 Å². The van der Waals surface area contributed by atoms with Crippen molar-refractivity contribution >= 4 is 17.8 Å². The zero-order valence-electron chi connectivity index (χ0n) is 18.2. The van der Waals surface area contributed by atoms with Crippen LogP contribution in [-0.4, -0.2) is 18.4 Å². The summed E-state index contributed by atoms with van der Waals surface area (Å²) >= 11 is 0. The molecule has 180 valence electrons. The van der Waals surface area contributed by atoms with Gasteiger partial charge >= 0.3 is 5.97 Å². The van der Waals surface area contributed by atoms with E-state index in [-0.39, 0.29) is 34.2 Å². The quantitative estimate of drug-likeness (QED) is 0.116. The van der Waals surface area contributed by atoms with Crippen LogP contribution in [0.2, 0.25) is 0 Å². The van der Waals surface area contributed by atoms with Gasteiger partial charge in [0.15, 0.2) is 18.1 Å². The minimum absolute atomic E-state index is 0.0561. The van der Waals surface area contributed by atoms with E-state index in [0.29, 0.717) is 0 Å². The van der Waals surface area contributed by atoms with Gasteiger partial charge in [0.1, 0.15) is 11.5 Å². The van der Waals surface area contributed by atoms with Crippen LogP contribution in [0, 0.1) is 42.9 Å². The van der Waals surface area contributed by atoms with E-state index < -0.39 is 47.4 Å². The Bertz CT molecular complexity index is 1380. The number of benzene rings is 3. The molecular weight excluding hydrogens is 475 g/mol. The Morgan fingerprint density at radius 1 is 0.943 bits per heavy atom. The summed E-state index contributed by atoms with van der Waals surface area (Å²) in [7, 11) is 0. The zero-order chi connectivity index (χ0) is 25.4. The minimum atomic E-state index is -2.35. The highest BCUT2D eigenvalue weighted by Crippen LogP contribution is 2.39. The van der Waals surface area contributed by atoms with E-state index in [1.54, 1.807) is 12.1 Å². The Labute approximate surface area is 195 Å². The maximum absolute atomic E-state index is 13.7. The smallest absolute Gasteiger partial charge is 0.349 e. The Morgan fingerprint density at radius 3 is 2.26 bits per heavy atom. The Kier molecular flexibility index (Phi) is 6.29. The lowest BCUT2D eigenvalue weighted by atomic mass is 10.1. The first-order valence-corrected chi connectivity index (χ1v) is 10.1. The second-order valence-corrected chi connectivity index (χ2v) is 7.58. The number of esters is 1. The van der Waals surface area contributed by atoms with Crippen LogP contribution in [-0.2, 0) is 4.79 Å². The summed E-state index contributed by atoms with van der Waals surface area (Å²) in [5.74, 6) is -14.2. The van der Waals surface area contributed by atoms with Crippen LogP contribution >= 0.6 is 0 Å². The molecule has 1 aliphatic heterocycles. The number of aryl methyl sites for hydroxylation is 1. The molecule has 0 aromatic heterocycles. The maximum Gasteiger partial charge on any atom is 0.349 e. The van der Waals surface area contributed by atoms with Crippen molar-refractivity contribution in [1.29, 1.82) is 0 Å². The van der Waals surface area contributed by atoms with Crippen LogP contribution in [0.4, 0.5) is 22.0 Å². The van der Waals surface area contributed by atoms with Crippen molar-refractivity contribution < 1.29 is 45.8 Å². The van der Waals surface area contributed by atoms with Crippen LogP contribution in [0.15, 0.2) is 42.2 Å². The van der Waals surface area contributed by atoms with Gasteiger partial charge in [-0.05, 0) is 37.6 Å². The number of rotatable bonds is 5. The summed E-state index contributed by atoms with van der Waals surface area (Å²) in [5, 5.41) is 0. The molecule has 0 amide bonds. The summed E-state index contributed by atoms with van der Waals surface area (Å²) in [6, 6.07) is 10.1. The van der Waals surface area contributed by atoms with Gasteiger partial charge < -0.3 is 14.2 Å². The van der Waals surface area contributed by atoms with E-state index in [4.69, 9.17) is 9.47 Å². The van der Waals surface area contributed by atoms with Crippen LogP contribution in [0.3, 0.4) is 0 Å². The molecule has 3 aromatic rings. The number of hydrogen-bond acceptors (Lipinski definition) is 5. The molecule has 35 heavy (non-hydrogen) atoms. The first kappa shape index (κ1) is 23.9. The first-order chi connectivity index (χ1) is 16.6. The van der Waals surface area contributed by atoms with Gasteiger partial charge in [0.05, 0.1) is 5.56 Å². The van der Waals surface area contributed by atoms with Gasteiger partial charge in [-0.3, -0.25) is 4.79 Å². The van der Waals surface area contributed by atoms with E-state index in [0.717, 1.165) is 11.1 Å². The van der Waals surface area contributed by atoms with Gasteiger partial charge in [-0.1, -0.05) is 29.8 Å². The van der Waals surface area contributed by atoms with Crippen LogP contribution in [0.1, 0.15) is 27.0 Å². The van der Waals surface area contributed by atoms with Crippen molar-refractivity contribution in [2.24, 2.45) is 0 Å². The molecule has 0 atom stereocenters. The van der Waals surface area contributed by atoms with E-state index in [1.807, 2.05) is 25.1 Å². The number of ether oxygens (including phenoxy) is 3. The van der Waals surface area contributed by atoms with Gasteiger partial charge in [0, 0.05) is 5.56 Å². The molecular formula is C25H15F5O5. The third-order valence-electron chi connectivity index (χ3n) is 5.10. The van der Waals surface area contributed by atoms with E-state index >= 15 is 0 Å². The molecule has 0 N–H and O–H groups in total. The average Bonchev–Trinajstić information content (AvgIpc) is 3.14. The van der Waals surface area contributed by atoms with Crippen molar-refractivity contribution in [3.63, 3.8) is 0 Å². The number of Topliss-reactive ketones (excluding diaryl/α,β-unsaturated/α-hetero) is 1. The molecule has 0 bridgehead atoms. The van der Waals surface area contributed by atoms with Gasteiger partial charge in [-0.25, -0.2) is 18.0 Å². The number of hydrogen-bond donors (Lipinski definition) is 0. The number of carbonyl (C=O) groups excluding carboxylic acids is 2. The van der Waals surface area contributed by atoms with Gasteiger partial charge in [0.2, 0.25) is 34.9 Å². The summed E-state index contributed by atoms with van der Waals surface area (Å²) in [4.78, 5) is 24.8. The highest BCUT2D eigenvalue weighted by atomic mass is 19.2. The second-order valence-electron chi connectivity index (χ2n) is 7.58. The predicted octanol–water partition coefficient (Wildman–Crippen LogP) is 5.60. The van der Waals surface area contributed by atoms with E-state index in [2.05, 4.69) is 4.74 Å². The number of fused-ring (bicyclic) bond motifs is 1. The van der Waals surface area contributed by atoms with Crippen molar-refractivity contribution in [1.82, 2.24) is 0 Å². The topological polar surface area (TPSA) is 61.8 Å². The normalized spacial score (nSPS) is 13.6. The molecule has 0 fully saturated rings. The minimum Gasteiger partial charge on any atom is -0.476 e. The van der Waals surface area contributed by atoms with Crippen molar-refractivity contribution in [2.75, 3.05) is 6.61 Å². The van der Waals surface area contributed by atoms with E-state index in [1.165, 1.54) is 19.1 Å². The van der Waals surface area contributed by atoms with E-state index in [9.17, 15) is 31.5 Å². The average molecular weight is 490 g/mol. The largest absolute Gasteiger partial charge is 0.476 e. The SMILES string of the molecule is Cc1cccc(/C=C2\Oc3c(ccc(OC(=O)COc4c(F)c(F)c(F)c(F)c4F)c3C)C2=O)c1. The fourth-order valence-electron chi connectivity index (χ4n) is 3.38. The molecule has 1 heterocycles. The number of carbonyl (C=O) groups is 2. The second kappa shape index (κ2) is 9.21. The third-order valence-corrected chi connectivity index (χ3v) is 5.10. The van der Waals surface area contributed by atoms with Crippen LogP contribution < -0.4 is 14.2 Å². The summed E-state index contributed by atoms with van der Waals surface area (Å²) in [5.41, 5.74) is 2.24. The maximum atomic E-state index is 13.7. The van der Waals surface area contributed by atoms with Crippen molar-refractivity contribution in [2.45, 2.75) is 13.8 Å². The fraction of sp³-hybridized carbons (Fsp3) is 0.120. The first-order valence-electron chi connectivity index (χ1n) is 10.1. The molecule has 0 radical (unpaired) electrons. The molecule has 0 saturated carbocycles. The van der Waals surface area contributed by atoms with Gasteiger partial charge in [-0.2, -0.15) is 8.78 Å². The lowest BCUT2D eigenvalue weighted by molar-refractivity contribution is -0.136. The molecule has 10 heteroatoms. The Balaban J connectivity index is 1.50. The van der Waals surface area contributed by atoms with Gasteiger partial charge in [0.25, 0.3) is 0 Å². The zero-order valence-corrected chi connectivity index (χ0v) is 18.2. The Hall–Kier alpha value is -4.21. The molecule has 0 aliphatic carbocycles. The monoisotopic (exact) mass is 490 g/mol. The molecule has 1 aliphatic rings. The summed E-state index contributed by atoms with van der Waals surface area (Å²) in [6.45, 7) is 2.25. The molecule has 0 saturated heterocycles. The summed E-state index contributed by atoms with van der Waals surface area (Å²) < 4.78 is 82.3. The molecule has 0 unspecified atom stereocenters. The van der Waals surface area contributed by atoms with Crippen molar-refractivity contribution in [3.05, 3.63) is 93.5 Å². The lowest BCUT2D eigenvalue weighted by Crippen LogP contribution is -2.20. The molecule has 0 spiro atoms.